The van der Waals surface area contributed by atoms with Gasteiger partial charge in [0.05, 0.1) is 55.5 Å². The topological polar surface area (TPSA) is 49.8 Å². The first-order valence-corrected chi connectivity index (χ1v) is 17.1. The normalized spacial score (nSPS) is 10.5. The van der Waals surface area contributed by atoms with Gasteiger partial charge in [-0.2, -0.15) is 0 Å². The molecule has 9 heteroatoms. The third kappa shape index (κ3) is 20.9. The van der Waals surface area contributed by atoms with Gasteiger partial charge in [0, 0.05) is 19.8 Å². The molecule has 5 nitrogen and oxygen atoms in total. The van der Waals surface area contributed by atoms with Crippen LogP contribution < -0.4 is 0 Å². The van der Waals surface area contributed by atoms with Gasteiger partial charge in [0.1, 0.15) is 0 Å². The Labute approximate surface area is 278 Å². The molecular weight excluding hydrogens is 598 g/mol. The van der Waals surface area contributed by atoms with Crippen molar-refractivity contribution in [1.29, 1.82) is 0 Å². The summed E-state index contributed by atoms with van der Waals surface area (Å²) < 4.78 is 76.5. The lowest BCUT2D eigenvalue weighted by molar-refractivity contribution is 0.0475. The van der Waals surface area contributed by atoms with Gasteiger partial charge in [0.15, 0.2) is 23.3 Å². The maximum Gasteiger partial charge on any atom is 0.167 e. The minimum atomic E-state index is -1.42. The van der Waals surface area contributed by atoms with Crippen LogP contribution in [0.25, 0.3) is 0 Å². The van der Waals surface area contributed by atoms with Gasteiger partial charge >= 0.3 is 0 Å². The maximum absolute atomic E-state index is 13.8. The number of hydrogen-bond acceptors (Lipinski definition) is 5. The summed E-state index contributed by atoms with van der Waals surface area (Å²) in [5, 5.41) is 0. The van der Waals surface area contributed by atoms with Crippen molar-refractivity contribution in [2.24, 2.45) is 11.3 Å². The summed E-state index contributed by atoms with van der Waals surface area (Å²) >= 11 is 0. The van der Waals surface area contributed by atoms with E-state index >= 15 is 0 Å². The van der Waals surface area contributed by atoms with Crippen LogP contribution in [-0.2, 0) is 45.4 Å². The Bertz CT molecular complexity index is 975. The van der Waals surface area contributed by atoms with Crippen molar-refractivity contribution < 1.29 is 36.5 Å². The fourth-order valence-electron chi connectivity index (χ4n) is 3.24. The number of ether oxygens (including phenoxy) is 4. The first-order valence-electron chi connectivity index (χ1n) is 17.1. The average Bonchev–Trinajstić information content (AvgIpc) is 3.06. The quantitative estimate of drug-likeness (QED) is 0.0958. The van der Waals surface area contributed by atoms with Crippen molar-refractivity contribution in [2.75, 3.05) is 26.4 Å². The molecule has 0 saturated heterocycles. The molecule has 2 aromatic rings. The summed E-state index contributed by atoms with van der Waals surface area (Å²) in [5.74, 6) is -5.55. The first kappa shape index (κ1) is 48.3. The molecule has 0 aliphatic carbocycles. The molecule has 0 bridgehead atoms. The molecule has 2 rings (SSSR count). The minimum absolute atomic E-state index is 0.146. The Morgan fingerprint density at radius 2 is 1.02 bits per heavy atom. The van der Waals surface area contributed by atoms with Gasteiger partial charge in [-0.05, 0) is 42.7 Å². The van der Waals surface area contributed by atoms with E-state index in [-0.39, 0.29) is 24.5 Å². The number of hydrogen-bond donors (Lipinski definition) is 0. The zero-order chi connectivity index (χ0) is 36.1. The molecule has 0 amide bonds. The SMILES string of the molecule is CC.CC.CC.CCCOCc1c(F)c(F)c(COCC(C)C)c(F)c1F.CCCOCc1cccc(COCC(C)(C)CC)n1. The largest absolute Gasteiger partial charge is 0.377 e. The van der Waals surface area contributed by atoms with Gasteiger partial charge in [-0.15, -0.1) is 0 Å². The van der Waals surface area contributed by atoms with Gasteiger partial charge in [-0.1, -0.05) is 96.1 Å². The van der Waals surface area contributed by atoms with E-state index in [2.05, 4.69) is 32.7 Å². The predicted molar refractivity (Wildman–Crippen MR) is 183 cm³/mol. The zero-order valence-electron chi connectivity index (χ0n) is 31.2. The third-order valence-electron chi connectivity index (χ3n) is 5.90. The second-order valence-electron chi connectivity index (χ2n) is 10.9. The molecule has 0 N–H and O–H groups in total. The van der Waals surface area contributed by atoms with Crippen LogP contribution in [0.2, 0.25) is 0 Å². The molecule has 1 aromatic carbocycles. The van der Waals surface area contributed by atoms with Gasteiger partial charge < -0.3 is 18.9 Å². The standard InChI is InChI=1S/C16H27NO2.C15H20F4O2.3C2H6/c1-5-10-18-11-14-8-7-9-15(17-14)12-19-13-16(3,4)6-2;1-4-5-20-7-10-12(16)14(18)11(15(19)13(10)17)8-21-6-9(2)3;3*1-2/h7-9H,5-6,10-13H2,1-4H3;9H,4-8H2,1-3H3;3*1-2H3. The van der Waals surface area contributed by atoms with Crippen LogP contribution in [0.4, 0.5) is 17.6 Å². The van der Waals surface area contributed by atoms with E-state index in [1.54, 1.807) is 0 Å². The highest BCUT2D eigenvalue weighted by Gasteiger charge is 2.25. The fourth-order valence-corrected chi connectivity index (χ4v) is 3.24. The molecule has 0 spiro atoms. The van der Waals surface area contributed by atoms with Crippen LogP contribution in [0.5, 0.6) is 0 Å². The van der Waals surface area contributed by atoms with Crippen LogP contribution in [0.1, 0.15) is 132 Å². The lowest BCUT2D eigenvalue weighted by Gasteiger charge is -2.22. The number of rotatable bonds is 17. The lowest BCUT2D eigenvalue weighted by atomic mass is 9.92. The molecular formula is C37H65F4NO4. The van der Waals surface area contributed by atoms with Gasteiger partial charge in [-0.25, -0.2) is 17.6 Å². The Morgan fingerprint density at radius 3 is 1.41 bits per heavy atom. The Hall–Kier alpha value is -2.07. The fraction of sp³-hybridized carbons (Fsp3) is 0.703. The van der Waals surface area contributed by atoms with Crippen LogP contribution in [0.3, 0.4) is 0 Å². The third-order valence-corrected chi connectivity index (χ3v) is 5.90. The molecule has 0 fully saturated rings. The van der Waals surface area contributed by atoms with Crippen molar-refractivity contribution in [3.8, 4) is 0 Å². The monoisotopic (exact) mass is 663 g/mol. The number of pyridine rings is 1. The van der Waals surface area contributed by atoms with Crippen LogP contribution in [0, 0.1) is 34.6 Å². The summed E-state index contributed by atoms with van der Waals surface area (Å²) in [6, 6.07) is 6.01. The second kappa shape index (κ2) is 30.3. The molecule has 46 heavy (non-hydrogen) atoms. The molecule has 1 aromatic heterocycles. The van der Waals surface area contributed by atoms with Gasteiger partial charge in [-0.3, -0.25) is 4.98 Å². The molecule has 0 unspecified atom stereocenters. The van der Waals surface area contributed by atoms with Gasteiger partial charge in [0.25, 0.3) is 0 Å². The average molecular weight is 664 g/mol. The van der Waals surface area contributed by atoms with Crippen molar-refractivity contribution in [2.45, 2.75) is 136 Å². The van der Waals surface area contributed by atoms with Crippen molar-refractivity contribution in [3.05, 3.63) is 64.0 Å². The van der Waals surface area contributed by atoms with Crippen LogP contribution >= 0.6 is 0 Å². The summed E-state index contributed by atoms with van der Waals surface area (Å²) in [5.41, 5.74) is 0.728. The summed E-state index contributed by atoms with van der Waals surface area (Å²) in [6.07, 6.45) is 2.79. The molecule has 270 valence electrons. The number of aromatic nitrogens is 1. The van der Waals surface area contributed by atoms with Crippen molar-refractivity contribution in [3.63, 3.8) is 0 Å². The summed E-state index contributed by atoms with van der Waals surface area (Å²) in [7, 11) is 0. The van der Waals surface area contributed by atoms with E-state index in [0.29, 0.717) is 19.6 Å². The molecule has 0 radical (unpaired) electrons. The Morgan fingerprint density at radius 1 is 0.630 bits per heavy atom. The molecule has 0 aliphatic heterocycles. The van der Waals surface area contributed by atoms with Gasteiger partial charge in [0.2, 0.25) is 0 Å². The predicted octanol–water partition coefficient (Wildman–Crippen LogP) is 11.4. The first-order chi connectivity index (χ1) is 22.0. The Balaban J connectivity index is -0.000000693. The molecule has 0 saturated carbocycles. The second-order valence-corrected chi connectivity index (χ2v) is 10.9. The molecule has 0 aliphatic rings. The van der Waals surface area contributed by atoms with E-state index in [9.17, 15) is 17.6 Å². The number of benzene rings is 1. The van der Waals surface area contributed by atoms with Crippen LogP contribution in [0.15, 0.2) is 18.2 Å². The van der Waals surface area contributed by atoms with E-state index in [1.807, 2.05) is 80.5 Å². The van der Waals surface area contributed by atoms with Crippen LogP contribution in [-0.4, -0.2) is 31.4 Å². The highest BCUT2D eigenvalue weighted by molar-refractivity contribution is 5.29. The highest BCUT2D eigenvalue weighted by Crippen LogP contribution is 2.26. The zero-order valence-corrected chi connectivity index (χ0v) is 31.2. The number of nitrogens with zero attached hydrogens (tertiary/aromatic N) is 1. The summed E-state index contributed by atoms with van der Waals surface area (Å²) in [6.45, 7) is 28.4. The maximum atomic E-state index is 13.8. The van der Waals surface area contributed by atoms with Crippen molar-refractivity contribution >= 4 is 0 Å². The van der Waals surface area contributed by atoms with E-state index < -0.39 is 47.6 Å². The molecule has 1 heterocycles. The van der Waals surface area contributed by atoms with Crippen molar-refractivity contribution in [1.82, 2.24) is 4.98 Å². The smallest absolute Gasteiger partial charge is 0.167 e. The number of halogens is 4. The Kier molecular flexibility index (Phi) is 31.8. The lowest BCUT2D eigenvalue weighted by Crippen LogP contribution is -2.18. The van der Waals surface area contributed by atoms with E-state index in [4.69, 9.17) is 18.9 Å². The highest BCUT2D eigenvalue weighted by atomic mass is 19.2. The van der Waals surface area contributed by atoms with E-state index in [0.717, 1.165) is 37.4 Å². The summed E-state index contributed by atoms with van der Waals surface area (Å²) in [4.78, 5) is 4.54. The van der Waals surface area contributed by atoms with E-state index in [1.165, 1.54) is 0 Å². The molecule has 0 atom stereocenters. The minimum Gasteiger partial charge on any atom is -0.377 e.